The smallest absolute Gasteiger partial charge is 0.173 e. The Balaban J connectivity index is 2.09. The van der Waals surface area contributed by atoms with Crippen LogP contribution in [-0.4, -0.2) is 24.5 Å². The van der Waals surface area contributed by atoms with Gasteiger partial charge in [-0.15, -0.1) is 0 Å². The van der Waals surface area contributed by atoms with Gasteiger partial charge in [0.15, 0.2) is 15.6 Å². The molecule has 1 aromatic rings. The number of fused-ring (bicyclic) bond motifs is 1. The number of carbonyl (C=O) groups is 1. The number of carbonyl (C=O) groups excluding carboxylic acids is 1. The molecule has 1 aliphatic heterocycles. The third kappa shape index (κ3) is 1.73. The number of ketones is 1. The van der Waals surface area contributed by atoms with Gasteiger partial charge in [-0.25, -0.2) is 8.42 Å². The highest BCUT2D eigenvalue weighted by molar-refractivity contribution is 7.94. The van der Waals surface area contributed by atoms with Crippen LogP contribution in [0.4, 0.5) is 0 Å². The normalized spacial score (nSPS) is 25.4. The largest absolute Gasteiger partial charge is 0.340 e. The summed E-state index contributed by atoms with van der Waals surface area (Å²) in [6.45, 7) is 1.93. The van der Waals surface area contributed by atoms with Gasteiger partial charge in [0, 0.05) is 28.8 Å². The van der Waals surface area contributed by atoms with Crippen molar-refractivity contribution in [3.8, 4) is 0 Å². The van der Waals surface area contributed by atoms with E-state index in [1.54, 1.807) is 6.08 Å². The lowest BCUT2D eigenvalue weighted by molar-refractivity contribution is 0.0971. The van der Waals surface area contributed by atoms with Crippen LogP contribution in [0.15, 0.2) is 17.6 Å². The Kier molecular flexibility index (Phi) is 2.48. The molecule has 0 aromatic carbocycles. The number of hydrogen-bond acceptors (Lipinski definition) is 3. The number of sulfone groups is 1. The average molecular weight is 265 g/mol. The molecule has 1 unspecified atom stereocenters. The lowest BCUT2D eigenvalue weighted by Gasteiger charge is -2.19. The molecule has 1 aliphatic carbocycles. The zero-order valence-electron chi connectivity index (χ0n) is 10.2. The number of rotatable bonds is 1. The first kappa shape index (κ1) is 11.7. The minimum atomic E-state index is -3.06. The molecule has 5 heteroatoms. The summed E-state index contributed by atoms with van der Waals surface area (Å²) in [5, 5.41) is 1.29. The highest BCUT2D eigenvalue weighted by Gasteiger charge is 2.29. The number of aryl methyl sites for hydroxylation is 1. The Morgan fingerprint density at radius 1 is 1.33 bits per heavy atom. The molecule has 1 aromatic heterocycles. The van der Waals surface area contributed by atoms with Gasteiger partial charge in [0.05, 0.1) is 11.8 Å². The van der Waals surface area contributed by atoms with E-state index in [4.69, 9.17) is 0 Å². The van der Waals surface area contributed by atoms with E-state index in [9.17, 15) is 13.2 Å². The van der Waals surface area contributed by atoms with Crippen LogP contribution in [0.3, 0.4) is 0 Å². The Hall–Kier alpha value is -1.36. The first-order valence-electron chi connectivity index (χ1n) is 6.13. The van der Waals surface area contributed by atoms with Gasteiger partial charge in [-0.1, -0.05) is 0 Å². The molecule has 0 bridgehead atoms. The molecule has 0 N–H and O–H groups in total. The third-order valence-electron chi connectivity index (χ3n) is 3.70. The molecule has 4 nitrogen and oxygen atoms in total. The van der Waals surface area contributed by atoms with Gasteiger partial charge in [0.1, 0.15) is 0 Å². The second-order valence-electron chi connectivity index (χ2n) is 5.02. The van der Waals surface area contributed by atoms with Crippen molar-refractivity contribution in [3.63, 3.8) is 0 Å². The zero-order valence-corrected chi connectivity index (χ0v) is 11.0. The van der Waals surface area contributed by atoms with E-state index in [0.717, 1.165) is 29.8 Å². The fourth-order valence-electron chi connectivity index (χ4n) is 2.93. The molecule has 2 aliphatic rings. The fourth-order valence-corrected chi connectivity index (χ4v) is 4.20. The summed E-state index contributed by atoms with van der Waals surface area (Å²) in [7, 11) is -3.06. The molecule has 0 fully saturated rings. The Morgan fingerprint density at radius 3 is 2.78 bits per heavy atom. The molecule has 0 spiro atoms. The lowest BCUT2D eigenvalue weighted by Crippen LogP contribution is -2.18. The van der Waals surface area contributed by atoms with Crippen molar-refractivity contribution in [2.24, 2.45) is 0 Å². The molecule has 0 saturated carbocycles. The van der Waals surface area contributed by atoms with Crippen LogP contribution in [-0.2, 0) is 16.3 Å². The van der Waals surface area contributed by atoms with Gasteiger partial charge in [0.25, 0.3) is 0 Å². The van der Waals surface area contributed by atoms with E-state index in [-0.39, 0.29) is 17.6 Å². The molecule has 3 rings (SSSR count). The maximum absolute atomic E-state index is 11.8. The van der Waals surface area contributed by atoms with Gasteiger partial charge < -0.3 is 4.57 Å². The fraction of sp³-hybridized carbons (Fsp3) is 0.462. The van der Waals surface area contributed by atoms with Gasteiger partial charge >= 0.3 is 0 Å². The number of allylic oxidation sites excluding steroid dienone is 1. The molecule has 0 radical (unpaired) electrons. The molecule has 0 saturated heterocycles. The summed E-state index contributed by atoms with van der Waals surface area (Å²) in [6, 6.07) is 1.75. The third-order valence-corrected chi connectivity index (χ3v) is 5.07. The van der Waals surface area contributed by atoms with Crippen LogP contribution in [0, 0.1) is 6.92 Å². The summed E-state index contributed by atoms with van der Waals surface area (Å²) >= 11 is 0. The summed E-state index contributed by atoms with van der Waals surface area (Å²) in [4.78, 5) is 11.8. The Morgan fingerprint density at radius 2 is 2.11 bits per heavy atom. The molecular formula is C13H15NO3S. The topological polar surface area (TPSA) is 56.1 Å². The van der Waals surface area contributed by atoms with Crippen LogP contribution in [0.25, 0.3) is 0 Å². The van der Waals surface area contributed by atoms with E-state index in [2.05, 4.69) is 0 Å². The van der Waals surface area contributed by atoms with Crippen LogP contribution in [0.2, 0.25) is 0 Å². The zero-order chi connectivity index (χ0) is 12.9. The first-order chi connectivity index (χ1) is 8.48. The second-order valence-corrected chi connectivity index (χ2v) is 6.95. The lowest BCUT2D eigenvalue weighted by atomic mass is 9.96. The van der Waals surface area contributed by atoms with E-state index in [0.29, 0.717) is 6.42 Å². The highest BCUT2D eigenvalue weighted by Crippen LogP contribution is 2.31. The van der Waals surface area contributed by atoms with Crippen LogP contribution < -0.4 is 0 Å². The van der Waals surface area contributed by atoms with Gasteiger partial charge in [0.2, 0.25) is 0 Å². The van der Waals surface area contributed by atoms with E-state index in [1.807, 2.05) is 17.6 Å². The summed E-state index contributed by atoms with van der Waals surface area (Å²) in [5.41, 5.74) is 2.77. The molecule has 2 heterocycles. The van der Waals surface area contributed by atoms with Crippen LogP contribution >= 0.6 is 0 Å². The number of nitrogens with zero attached hydrogens (tertiary/aromatic N) is 1. The minimum absolute atomic E-state index is 0.114. The number of hydrogen-bond donors (Lipinski definition) is 0. The SMILES string of the molecule is Cc1cc2c(n1C1C=CS(=O)(=O)C1)CCCC2=O. The Labute approximate surface area is 106 Å². The van der Waals surface area contributed by atoms with Crippen molar-refractivity contribution >= 4 is 15.6 Å². The molecule has 0 amide bonds. The van der Waals surface area contributed by atoms with Gasteiger partial charge in [-0.3, -0.25) is 4.79 Å². The molecule has 96 valence electrons. The van der Waals surface area contributed by atoms with Crippen LogP contribution in [0.1, 0.15) is 40.6 Å². The van der Waals surface area contributed by atoms with Crippen molar-refractivity contribution in [2.75, 3.05) is 5.75 Å². The van der Waals surface area contributed by atoms with Crippen molar-refractivity contribution in [2.45, 2.75) is 32.2 Å². The van der Waals surface area contributed by atoms with Gasteiger partial charge in [-0.2, -0.15) is 0 Å². The van der Waals surface area contributed by atoms with Crippen molar-refractivity contribution < 1.29 is 13.2 Å². The van der Waals surface area contributed by atoms with Gasteiger partial charge in [-0.05, 0) is 31.9 Å². The van der Waals surface area contributed by atoms with Crippen molar-refractivity contribution in [1.29, 1.82) is 0 Å². The number of Topliss-reactive ketones (excluding diaryl/α,β-unsaturated/α-hetero) is 1. The average Bonchev–Trinajstić information content (AvgIpc) is 2.79. The monoisotopic (exact) mass is 265 g/mol. The predicted octanol–water partition coefficient (Wildman–Crippen LogP) is 1.80. The second kappa shape index (κ2) is 3.82. The molecular weight excluding hydrogens is 250 g/mol. The summed E-state index contributed by atoms with van der Waals surface area (Å²) in [6.07, 6.45) is 4.05. The molecule has 1 atom stereocenters. The van der Waals surface area contributed by atoms with E-state index >= 15 is 0 Å². The predicted molar refractivity (Wildman–Crippen MR) is 68.4 cm³/mol. The quantitative estimate of drug-likeness (QED) is 0.778. The standard InChI is InChI=1S/C13H15NO3S/c1-9-7-11-12(3-2-4-13(11)15)14(9)10-5-6-18(16,17)8-10/h5-7,10H,2-4,8H2,1H3. The summed E-state index contributed by atoms with van der Waals surface area (Å²) in [5.74, 6) is 0.298. The Bertz CT molecular complexity index is 652. The van der Waals surface area contributed by atoms with Crippen LogP contribution in [0.5, 0.6) is 0 Å². The maximum atomic E-state index is 11.8. The van der Waals surface area contributed by atoms with Crippen molar-refractivity contribution in [1.82, 2.24) is 4.57 Å². The maximum Gasteiger partial charge on any atom is 0.173 e. The molecule has 18 heavy (non-hydrogen) atoms. The summed E-state index contributed by atoms with van der Waals surface area (Å²) < 4.78 is 25.0. The van der Waals surface area contributed by atoms with Crippen molar-refractivity contribution in [3.05, 3.63) is 34.5 Å². The minimum Gasteiger partial charge on any atom is -0.340 e. The first-order valence-corrected chi connectivity index (χ1v) is 7.84. The van der Waals surface area contributed by atoms with E-state index < -0.39 is 9.84 Å². The van der Waals surface area contributed by atoms with E-state index in [1.165, 1.54) is 5.41 Å². The number of aromatic nitrogens is 1. The highest BCUT2D eigenvalue weighted by atomic mass is 32.2.